The minimum absolute atomic E-state index is 0.1000. The molecule has 2 aromatic carbocycles. The first-order chi connectivity index (χ1) is 9.99. The molecule has 0 aliphatic carbocycles. The summed E-state index contributed by atoms with van der Waals surface area (Å²) in [5.41, 5.74) is 1.20. The molecule has 3 nitrogen and oxygen atoms in total. The van der Waals surface area contributed by atoms with Crippen molar-refractivity contribution in [2.24, 2.45) is 0 Å². The molecular weight excluding hydrogens is 331 g/mol. The van der Waals surface area contributed by atoms with Crippen LogP contribution in [-0.2, 0) is 21.3 Å². The van der Waals surface area contributed by atoms with Gasteiger partial charge in [0.1, 0.15) is 0 Å². The molecule has 2 atom stereocenters. The summed E-state index contributed by atoms with van der Waals surface area (Å²) in [4.78, 5) is 11.4. The number of carboxylic acids is 1. The smallest absolute Gasteiger partial charge is 0.323 e. The van der Waals surface area contributed by atoms with Gasteiger partial charge in [-0.3, -0.25) is 9.00 Å². The average Bonchev–Trinajstić information content (AvgIpc) is 2.44. The van der Waals surface area contributed by atoms with Gasteiger partial charge in [-0.1, -0.05) is 59.6 Å². The van der Waals surface area contributed by atoms with Gasteiger partial charge in [0, 0.05) is 16.6 Å². The Hall–Kier alpha value is -1.36. The molecule has 0 saturated heterocycles. The SMILES string of the molecule is O=C(O)C(c1ccccc1)S(=O)Cc1ccc(Cl)c(Cl)c1. The van der Waals surface area contributed by atoms with Crippen LogP contribution < -0.4 is 0 Å². The normalized spacial score (nSPS) is 13.6. The van der Waals surface area contributed by atoms with E-state index >= 15 is 0 Å². The van der Waals surface area contributed by atoms with Crippen molar-refractivity contribution >= 4 is 40.0 Å². The lowest BCUT2D eigenvalue weighted by Gasteiger charge is -2.13. The average molecular weight is 343 g/mol. The van der Waals surface area contributed by atoms with Gasteiger partial charge in [0.2, 0.25) is 0 Å². The molecule has 0 amide bonds. The van der Waals surface area contributed by atoms with Gasteiger partial charge in [-0.25, -0.2) is 0 Å². The van der Waals surface area contributed by atoms with E-state index in [1.54, 1.807) is 48.5 Å². The van der Waals surface area contributed by atoms with Gasteiger partial charge in [0.15, 0.2) is 5.25 Å². The van der Waals surface area contributed by atoms with Crippen LogP contribution in [0.2, 0.25) is 10.0 Å². The first-order valence-electron chi connectivity index (χ1n) is 6.08. The lowest BCUT2D eigenvalue weighted by molar-refractivity contribution is -0.136. The van der Waals surface area contributed by atoms with E-state index in [0.29, 0.717) is 21.2 Å². The van der Waals surface area contributed by atoms with Gasteiger partial charge >= 0.3 is 5.97 Å². The first-order valence-corrected chi connectivity index (χ1v) is 8.21. The topological polar surface area (TPSA) is 54.4 Å². The monoisotopic (exact) mass is 342 g/mol. The molecule has 0 heterocycles. The van der Waals surface area contributed by atoms with Crippen molar-refractivity contribution in [3.63, 3.8) is 0 Å². The summed E-state index contributed by atoms with van der Waals surface area (Å²) in [7, 11) is -1.61. The Morgan fingerprint density at radius 3 is 2.33 bits per heavy atom. The quantitative estimate of drug-likeness (QED) is 0.890. The third kappa shape index (κ3) is 4.06. The predicted octanol–water partition coefficient (Wildman–Crippen LogP) is 4.07. The molecule has 2 unspecified atom stereocenters. The number of aliphatic carboxylic acids is 1. The zero-order valence-electron chi connectivity index (χ0n) is 10.8. The number of benzene rings is 2. The Kier molecular flexibility index (Phi) is 5.39. The van der Waals surface area contributed by atoms with Crippen molar-refractivity contribution in [3.8, 4) is 0 Å². The second kappa shape index (κ2) is 7.07. The van der Waals surface area contributed by atoms with Crippen LogP contribution in [0.4, 0.5) is 0 Å². The molecule has 0 spiro atoms. The second-order valence-electron chi connectivity index (χ2n) is 4.40. The molecule has 0 aliphatic rings. The Balaban J connectivity index is 2.24. The van der Waals surface area contributed by atoms with Gasteiger partial charge in [0.05, 0.1) is 10.0 Å². The van der Waals surface area contributed by atoms with E-state index in [0.717, 1.165) is 0 Å². The maximum absolute atomic E-state index is 12.4. The first kappa shape index (κ1) is 16.0. The molecule has 2 aromatic rings. The molecule has 1 N–H and O–H groups in total. The van der Waals surface area contributed by atoms with Crippen LogP contribution in [0.3, 0.4) is 0 Å². The fraction of sp³-hybridized carbons (Fsp3) is 0.133. The lowest BCUT2D eigenvalue weighted by atomic mass is 10.1. The molecule has 0 saturated carbocycles. The number of halogens is 2. The van der Waals surface area contributed by atoms with Crippen LogP contribution >= 0.6 is 23.2 Å². The third-order valence-electron chi connectivity index (χ3n) is 2.88. The molecule has 0 bridgehead atoms. The maximum Gasteiger partial charge on any atom is 0.323 e. The minimum atomic E-state index is -1.61. The van der Waals surface area contributed by atoms with E-state index in [2.05, 4.69) is 0 Å². The molecule has 0 aliphatic heterocycles. The number of hydrogen-bond acceptors (Lipinski definition) is 2. The van der Waals surface area contributed by atoms with Gasteiger partial charge in [-0.05, 0) is 23.3 Å². The lowest BCUT2D eigenvalue weighted by Crippen LogP contribution is -2.18. The molecular formula is C15H12Cl2O3S. The van der Waals surface area contributed by atoms with E-state index in [4.69, 9.17) is 23.2 Å². The summed E-state index contributed by atoms with van der Waals surface area (Å²) in [6.45, 7) is 0. The Morgan fingerprint density at radius 2 is 1.76 bits per heavy atom. The molecule has 0 radical (unpaired) electrons. The zero-order valence-corrected chi connectivity index (χ0v) is 13.2. The van der Waals surface area contributed by atoms with E-state index in [1.807, 2.05) is 0 Å². The highest BCUT2D eigenvalue weighted by Gasteiger charge is 2.26. The van der Waals surface area contributed by atoms with Crippen molar-refractivity contribution in [2.75, 3.05) is 0 Å². The summed E-state index contributed by atoms with van der Waals surface area (Å²) in [6, 6.07) is 13.4. The van der Waals surface area contributed by atoms with Gasteiger partial charge in [0.25, 0.3) is 0 Å². The van der Waals surface area contributed by atoms with Crippen molar-refractivity contribution in [3.05, 3.63) is 69.7 Å². The Bertz CT molecular complexity index is 674. The van der Waals surface area contributed by atoms with Crippen LogP contribution in [0.25, 0.3) is 0 Å². The molecule has 110 valence electrons. The van der Waals surface area contributed by atoms with Crippen molar-refractivity contribution in [1.29, 1.82) is 0 Å². The van der Waals surface area contributed by atoms with Crippen molar-refractivity contribution in [2.45, 2.75) is 11.0 Å². The molecule has 0 aromatic heterocycles. The minimum Gasteiger partial charge on any atom is -0.480 e. The van der Waals surface area contributed by atoms with Crippen LogP contribution in [0.1, 0.15) is 16.4 Å². The fourth-order valence-corrected chi connectivity index (χ4v) is 3.59. The number of carbonyl (C=O) groups is 1. The summed E-state index contributed by atoms with van der Waals surface area (Å²) < 4.78 is 12.4. The highest BCUT2D eigenvalue weighted by Crippen LogP contribution is 2.26. The molecule has 6 heteroatoms. The third-order valence-corrected chi connectivity index (χ3v) is 5.24. The standard InChI is InChI=1S/C15H12Cl2O3S/c16-12-7-6-10(8-13(12)17)9-21(20)14(15(18)19)11-4-2-1-3-5-11/h1-8,14H,9H2,(H,18,19). The maximum atomic E-state index is 12.4. The van der Waals surface area contributed by atoms with Crippen LogP contribution in [0.5, 0.6) is 0 Å². The second-order valence-corrected chi connectivity index (χ2v) is 6.74. The highest BCUT2D eigenvalue weighted by atomic mass is 35.5. The largest absolute Gasteiger partial charge is 0.480 e. The van der Waals surface area contributed by atoms with Gasteiger partial charge < -0.3 is 5.11 Å². The van der Waals surface area contributed by atoms with E-state index < -0.39 is 22.0 Å². The van der Waals surface area contributed by atoms with E-state index in [-0.39, 0.29) is 5.75 Å². The zero-order chi connectivity index (χ0) is 15.4. The van der Waals surface area contributed by atoms with Crippen molar-refractivity contribution in [1.82, 2.24) is 0 Å². The summed E-state index contributed by atoms with van der Waals surface area (Å²) in [5.74, 6) is -1.01. The van der Waals surface area contributed by atoms with Crippen LogP contribution in [0.15, 0.2) is 48.5 Å². The Morgan fingerprint density at radius 1 is 1.10 bits per heavy atom. The predicted molar refractivity (Wildman–Crippen MR) is 85.1 cm³/mol. The highest BCUT2D eigenvalue weighted by molar-refractivity contribution is 7.85. The fourth-order valence-electron chi connectivity index (χ4n) is 1.91. The van der Waals surface area contributed by atoms with Crippen LogP contribution in [-0.4, -0.2) is 15.3 Å². The number of rotatable bonds is 5. The van der Waals surface area contributed by atoms with Gasteiger partial charge in [-0.2, -0.15) is 0 Å². The van der Waals surface area contributed by atoms with E-state index in [9.17, 15) is 14.1 Å². The summed E-state index contributed by atoms with van der Waals surface area (Å²) >= 11 is 11.7. The molecule has 21 heavy (non-hydrogen) atoms. The summed E-state index contributed by atoms with van der Waals surface area (Å²) in [5, 5.41) is 9.03. The van der Waals surface area contributed by atoms with Crippen LogP contribution in [0, 0.1) is 0 Å². The number of hydrogen-bond donors (Lipinski definition) is 1. The Labute approximate surface area is 135 Å². The number of carboxylic acid groups (broad SMARTS) is 1. The summed E-state index contributed by atoms with van der Waals surface area (Å²) in [6.07, 6.45) is 0. The van der Waals surface area contributed by atoms with Gasteiger partial charge in [-0.15, -0.1) is 0 Å². The molecule has 0 fully saturated rings. The van der Waals surface area contributed by atoms with Crippen molar-refractivity contribution < 1.29 is 14.1 Å². The molecule has 2 rings (SSSR count). The van der Waals surface area contributed by atoms with E-state index in [1.165, 1.54) is 0 Å².